The fourth-order valence-corrected chi connectivity index (χ4v) is 5.28. The molecular formula is C21H33Cl2N3O. The number of nitrogens with zero attached hydrogens (tertiary/aromatic N) is 1. The predicted molar refractivity (Wildman–Crippen MR) is 114 cm³/mol. The zero-order valence-electron chi connectivity index (χ0n) is 15.9. The molecule has 2 bridgehead atoms. The second kappa shape index (κ2) is 10.1. The van der Waals surface area contributed by atoms with Gasteiger partial charge in [-0.15, -0.1) is 24.8 Å². The maximum absolute atomic E-state index is 12.6. The van der Waals surface area contributed by atoms with Crippen LogP contribution in [0.3, 0.4) is 0 Å². The SMILES string of the molecule is Cl.Cl.NC1C2CCC(C2)C1C(=O)NCC1CCN(Cc2ccccc2)CC1. The molecule has 0 radical (unpaired) electrons. The van der Waals surface area contributed by atoms with Crippen LogP contribution in [0.2, 0.25) is 0 Å². The van der Waals surface area contributed by atoms with E-state index < -0.39 is 0 Å². The summed E-state index contributed by atoms with van der Waals surface area (Å²) in [5.74, 6) is 2.07. The average molecular weight is 414 g/mol. The van der Waals surface area contributed by atoms with Crippen LogP contribution in [0.4, 0.5) is 0 Å². The standard InChI is InChI=1S/C21H31N3O.2ClH/c22-20-18-7-6-17(12-18)19(20)21(25)23-13-15-8-10-24(11-9-15)14-16-4-2-1-3-5-16;;/h1-5,15,17-20H,6-14,22H2,(H,23,25);2*1H. The van der Waals surface area contributed by atoms with Crippen molar-refractivity contribution < 1.29 is 4.79 Å². The van der Waals surface area contributed by atoms with E-state index in [0.29, 0.717) is 17.8 Å². The van der Waals surface area contributed by atoms with Crippen LogP contribution in [-0.4, -0.2) is 36.5 Å². The highest BCUT2D eigenvalue weighted by Crippen LogP contribution is 2.47. The highest BCUT2D eigenvalue weighted by Gasteiger charge is 2.49. The van der Waals surface area contributed by atoms with E-state index in [0.717, 1.165) is 26.2 Å². The molecule has 4 nitrogen and oxygen atoms in total. The lowest BCUT2D eigenvalue weighted by molar-refractivity contribution is -0.127. The Labute approximate surface area is 175 Å². The molecule has 4 rings (SSSR count). The number of fused-ring (bicyclic) bond motifs is 2. The zero-order valence-corrected chi connectivity index (χ0v) is 17.5. The molecule has 1 heterocycles. The van der Waals surface area contributed by atoms with Crippen LogP contribution < -0.4 is 11.1 Å². The van der Waals surface area contributed by atoms with Gasteiger partial charge in [0.05, 0.1) is 5.92 Å². The van der Waals surface area contributed by atoms with Gasteiger partial charge in [-0.3, -0.25) is 9.69 Å². The molecule has 3 N–H and O–H groups in total. The molecule has 6 heteroatoms. The smallest absolute Gasteiger partial charge is 0.224 e. The van der Waals surface area contributed by atoms with Crippen LogP contribution in [0.25, 0.3) is 0 Å². The number of rotatable bonds is 5. The largest absolute Gasteiger partial charge is 0.356 e. The summed E-state index contributed by atoms with van der Waals surface area (Å²) in [6.07, 6.45) is 5.96. The van der Waals surface area contributed by atoms with Crippen LogP contribution in [0, 0.1) is 23.7 Å². The molecule has 2 saturated carbocycles. The average Bonchev–Trinajstić information content (AvgIpc) is 3.23. The van der Waals surface area contributed by atoms with E-state index in [4.69, 9.17) is 5.73 Å². The Morgan fingerprint density at radius 3 is 2.33 bits per heavy atom. The third kappa shape index (κ3) is 5.17. The Kier molecular flexibility index (Phi) is 8.41. The van der Waals surface area contributed by atoms with E-state index in [1.54, 1.807) is 0 Å². The summed E-state index contributed by atoms with van der Waals surface area (Å²) in [4.78, 5) is 15.1. The Hall–Kier alpha value is -0.810. The van der Waals surface area contributed by atoms with Gasteiger partial charge in [0, 0.05) is 19.1 Å². The van der Waals surface area contributed by atoms with Gasteiger partial charge in [0.15, 0.2) is 0 Å². The summed E-state index contributed by atoms with van der Waals surface area (Å²) in [5, 5.41) is 3.24. The third-order valence-electron chi connectivity index (χ3n) is 6.80. The number of nitrogens with two attached hydrogens (primary N) is 1. The normalized spacial score (nSPS) is 30.4. The van der Waals surface area contributed by atoms with Crippen LogP contribution in [0.1, 0.15) is 37.7 Å². The number of piperidine rings is 1. The Morgan fingerprint density at radius 1 is 1.04 bits per heavy atom. The molecule has 3 aliphatic rings. The highest BCUT2D eigenvalue weighted by atomic mass is 35.5. The van der Waals surface area contributed by atoms with Gasteiger partial charge >= 0.3 is 0 Å². The number of benzene rings is 1. The second-order valence-electron chi connectivity index (χ2n) is 8.39. The van der Waals surface area contributed by atoms with Gasteiger partial charge in [-0.25, -0.2) is 0 Å². The molecule has 4 atom stereocenters. The number of carbonyl (C=O) groups is 1. The number of carbonyl (C=O) groups excluding carboxylic acids is 1. The monoisotopic (exact) mass is 413 g/mol. The van der Waals surface area contributed by atoms with Crippen LogP contribution in [0.5, 0.6) is 0 Å². The van der Waals surface area contributed by atoms with Crippen molar-refractivity contribution in [3.05, 3.63) is 35.9 Å². The van der Waals surface area contributed by atoms with E-state index in [1.165, 1.54) is 37.7 Å². The van der Waals surface area contributed by atoms with Crippen molar-refractivity contribution in [2.45, 2.75) is 44.7 Å². The van der Waals surface area contributed by atoms with Crippen molar-refractivity contribution in [3.63, 3.8) is 0 Å². The molecule has 1 amide bonds. The molecule has 1 saturated heterocycles. The number of hydrogen-bond donors (Lipinski definition) is 2. The predicted octanol–water partition coefficient (Wildman–Crippen LogP) is 3.23. The zero-order chi connectivity index (χ0) is 17.2. The van der Waals surface area contributed by atoms with Gasteiger partial charge < -0.3 is 11.1 Å². The van der Waals surface area contributed by atoms with E-state index in [2.05, 4.69) is 40.5 Å². The molecular weight excluding hydrogens is 381 g/mol. The quantitative estimate of drug-likeness (QED) is 0.778. The van der Waals surface area contributed by atoms with Crippen molar-refractivity contribution in [2.75, 3.05) is 19.6 Å². The minimum atomic E-state index is 0. The molecule has 0 spiro atoms. The summed E-state index contributed by atoms with van der Waals surface area (Å²) < 4.78 is 0. The van der Waals surface area contributed by atoms with Gasteiger partial charge in [-0.1, -0.05) is 30.3 Å². The minimum Gasteiger partial charge on any atom is -0.356 e. The van der Waals surface area contributed by atoms with E-state index >= 15 is 0 Å². The highest BCUT2D eigenvalue weighted by molar-refractivity contribution is 5.85. The molecule has 1 aromatic rings. The number of nitrogens with one attached hydrogen (secondary N) is 1. The van der Waals surface area contributed by atoms with Crippen molar-refractivity contribution in [1.82, 2.24) is 10.2 Å². The Morgan fingerprint density at radius 2 is 1.70 bits per heavy atom. The summed E-state index contributed by atoms with van der Waals surface area (Å²) in [6, 6.07) is 10.8. The van der Waals surface area contributed by atoms with Crippen molar-refractivity contribution in [2.24, 2.45) is 29.4 Å². The lowest BCUT2D eigenvalue weighted by Gasteiger charge is -2.33. The van der Waals surface area contributed by atoms with Gasteiger partial charge in [0.25, 0.3) is 0 Å². The first-order valence-electron chi connectivity index (χ1n) is 10.0. The molecule has 152 valence electrons. The van der Waals surface area contributed by atoms with Crippen molar-refractivity contribution in [1.29, 1.82) is 0 Å². The molecule has 27 heavy (non-hydrogen) atoms. The van der Waals surface area contributed by atoms with E-state index in [1.807, 2.05) is 0 Å². The lowest BCUT2D eigenvalue weighted by Crippen LogP contribution is -2.47. The number of halogens is 2. The minimum absolute atomic E-state index is 0. The van der Waals surface area contributed by atoms with Crippen LogP contribution in [0.15, 0.2) is 30.3 Å². The van der Waals surface area contributed by atoms with Crippen molar-refractivity contribution >= 4 is 30.7 Å². The molecule has 0 aromatic heterocycles. The maximum atomic E-state index is 12.6. The number of likely N-dealkylation sites (tertiary alicyclic amines) is 1. The first kappa shape index (κ1) is 22.5. The Bertz CT molecular complexity index is 590. The van der Waals surface area contributed by atoms with Gasteiger partial charge in [-0.2, -0.15) is 0 Å². The lowest BCUT2D eigenvalue weighted by atomic mass is 9.84. The second-order valence-corrected chi connectivity index (χ2v) is 8.39. The summed E-state index contributed by atoms with van der Waals surface area (Å²) in [5.41, 5.74) is 7.69. The summed E-state index contributed by atoms with van der Waals surface area (Å²) in [6.45, 7) is 4.13. The fourth-order valence-electron chi connectivity index (χ4n) is 5.28. The maximum Gasteiger partial charge on any atom is 0.224 e. The van der Waals surface area contributed by atoms with E-state index in [-0.39, 0.29) is 42.7 Å². The summed E-state index contributed by atoms with van der Waals surface area (Å²) >= 11 is 0. The first-order valence-corrected chi connectivity index (χ1v) is 10.0. The van der Waals surface area contributed by atoms with Crippen LogP contribution in [-0.2, 0) is 11.3 Å². The Balaban J connectivity index is 0.00000131. The van der Waals surface area contributed by atoms with Gasteiger partial charge in [-0.05, 0) is 68.5 Å². The first-order chi connectivity index (χ1) is 12.2. The third-order valence-corrected chi connectivity index (χ3v) is 6.80. The topological polar surface area (TPSA) is 58.4 Å². The fraction of sp³-hybridized carbons (Fsp3) is 0.667. The van der Waals surface area contributed by atoms with Gasteiger partial charge in [0.2, 0.25) is 5.91 Å². The van der Waals surface area contributed by atoms with E-state index in [9.17, 15) is 4.79 Å². The van der Waals surface area contributed by atoms with Gasteiger partial charge in [0.1, 0.15) is 0 Å². The van der Waals surface area contributed by atoms with Crippen LogP contribution >= 0.6 is 24.8 Å². The molecule has 3 fully saturated rings. The molecule has 2 aliphatic carbocycles. The molecule has 1 aromatic carbocycles. The molecule has 1 aliphatic heterocycles. The number of amides is 1. The summed E-state index contributed by atoms with van der Waals surface area (Å²) in [7, 11) is 0. The van der Waals surface area contributed by atoms with Crippen molar-refractivity contribution in [3.8, 4) is 0 Å². The molecule has 4 unspecified atom stereocenters. The number of hydrogen-bond acceptors (Lipinski definition) is 3.